The van der Waals surface area contributed by atoms with Crippen molar-refractivity contribution in [1.82, 2.24) is 15.6 Å². The number of carbonyl (C=O) groups excluding carboxylic acids is 1. The van der Waals surface area contributed by atoms with Gasteiger partial charge >= 0.3 is 6.03 Å². The molecule has 134 valence electrons. The summed E-state index contributed by atoms with van der Waals surface area (Å²) in [6.45, 7) is 7.11. The van der Waals surface area contributed by atoms with Crippen LogP contribution in [0, 0.1) is 0 Å². The minimum atomic E-state index is -0.726. The van der Waals surface area contributed by atoms with Crippen LogP contribution in [0.15, 0.2) is 48.7 Å². The molecule has 5 nitrogen and oxygen atoms in total. The monoisotopic (exact) mass is 341 g/mol. The zero-order chi connectivity index (χ0) is 18.3. The lowest BCUT2D eigenvalue weighted by Gasteiger charge is -2.20. The van der Waals surface area contributed by atoms with Crippen LogP contribution < -0.4 is 10.6 Å². The van der Waals surface area contributed by atoms with Gasteiger partial charge in [0.25, 0.3) is 0 Å². The SMILES string of the molecule is CC(C)(C)c1ccc(C(O)CNC(=O)NCCc2ccccn2)cc1. The third-order valence-electron chi connectivity index (χ3n) is 4.01. The summed E-state index contributed by atoms with van der Waals surface area (Å²) < 4.78 is 0. The molecule has 0 aliphatic rings. The molecule has 0 aliphatic carbocycles. The predicted molar refractivity (Wildman–Crippen MR) is 99.4 cm³/mol. The van der Waals surface area contributed by atoms with Crippen LogP contribution in [0.5, 0.6) is 0 Å². The van der Waals surface area contributed by atoms with E-state index >= 15 is 0 Å². The smallest absolute Gasteiger partial charge is 0.314 e. The maximum atomic E-state index is 11.8. The van der Waals surface area contributed by atoms with Gasteiger partial charge in [-0.1, -0.05) is 51.1 Å². The minimum Gasteiger partial charge on any atom is -0.387 e. The first-order valence-electron chi connectivity index (χ1n) is 8.56. The van der Waals surface area contributed by atoms with Crippen molar-refractivity contribution < 1.29 is 9.90 Å². The lowest BCUT2D eigenvalue weighted by molar-refractivity contribution is 0.173. The number of hydrogen-bond acceptors (Lipinski definition) is 3. The number of aromatic nitrogens is 1. The summed E-state index contributed by atoms with van der Waals surface area (Å²) in [5.41, 5.74) is 3.02. The fourth-order valence-corrected chi connectivity index (χ4v) is 2.43. The highest BCUT2D eigenvalue weighted by Crippen LogP contribution is 2.23. The second-order valence-electron chi connectivity index (χ2n) is 7.10. The fraction of sp³-hybridized carbons (Fsp3) is 0.400. The Labute approximate surface area is 149 Å². The average Bonchev–Trinajstić information content (AvgIpc) is 2.60. The van der Waals surface area contributed by atoms with Crippen LogP contribution in [0.4, 0.5) is 4.79 Å². The van der Waals surface area contributed by atoms with Crippen molar-refractivity contribution in [3.8, 4) is 0 Å². The Morgan fingerprint density at radius 3 is 2.44 bits per heavy atom. The van der Waals surface area contributed by atoms with E-state index in [-0.39, 0.29) is 18.0 Å². The van der Waals surface area contributed by atoms with Gasteiger partial charge in [0, 0.05) is 31.4 Å². The van der Waals surface area contributed by atoms with Crippen LogP contribution in [0.3, 0.4) is 0 Å². The van der Waals surface area contributed by atoms with Crippen molar-refractivity contribution in [2.45, 2.75) is 38.7 Å². The molecule has 0 bridgehead atoms. The molecule has 1 unspecified atom stereocenters. The maximum Gasteiger partial charge on any atom is 0.314 e. The van der Waals surface area contributed by atoms with Crippen LogP contribution in [0.2, 0.25) is 0 Å². The van der Waals surface area contributed by atoms with Crippen molar-refractivity contribution in [3.05, 3.63) is 65.5 Å². The second-order valence-corrected chi connectivity index (χ2v) is 7.10. The highest BCUT2D eigenvalue weighted by atomic mass is 16.3. The average molecular weight is 341 g/mol. The molecule has 2 rings (SSSR count). The summed E-state index contributed by atoms with van der Waals surface area (Å²) in [6.07, 6.45) is 1.68. The van der Waals surface area contributed by atoms with Crippen LogP contribution in [-0.2, 0) is 11.8 Å². The lowest BCUT2D eigenvalue weighted by atomic mass is 9.86. The highest BCUT2D eigenvalue weighted by molar-refractivity contribution is 5.73. The standard InChI is InChI=1S/C20H27N3O2/c1-20(2,3)16-9-7-15(8-10-16)18(24)14-23-19(25)22-13-11-17-6-4-5-12-21-17/h4-10,12,18,24H,11,13-14H2,1-3H3,(H2,22,23,25). The second kappa shape index (κ2) is 8.62. The summed E-state index contributed by atoms with van der Waals surface area (Å²) >= 11 is 0. The normalized spacial score (nSPS) is 12.5. The van der Waals surface area contributed by atoms with Gasteiger partial charge in [0.15, 0.2) is 0 Å². The van der Waals surface area contributed by atoms with Gasteiger partial charge in [-0.25, -0.2) is 4.79 Å². The lowest BCUT2D eigenvalue weighted by Crippen LogP contribution is -2.38. The zero-order valence-electron chi connectivity index (χ0n) is 15.1. The number of carbonyl (C=O) groups is 1. The molecule has 0 saturated heterocycles. The number of nitrogens with one attached hydrogen (secondary N) is 2. The van der Waals surface area contributed by atoms with E-state index in [2.05, 4.69) is 36.4 Å². The Balaban J connectivity index is 1.73. The molecular weight excluding hydrogens is 314 g/mol. The predicted octanol–water partition coefficient (Wildman–Crippen LogP) is 2.95. The van der Waals surface area contributed by atoms with Gasteiger partial charge in [0.1, 0.15) is 0 Å². The Morgan fingerprint density at radius 2 is 1.84 bits per heavy atom. The molecule has 0 saturated carbocycles. The largest absolute Gasteiger partial charge is 0.387 e. The third-order valence-corrected chi connectivity index (χ3v) is 4.01. The van der Waals surface area contributed by atoms with Gasteiger partial charge in [-0.3, -0.25) is 4.98 Å². The van der Waals surface area contributed by atoms with E-state index in [9.17, 15) is 9.90 Å². The molecule has 1 aromatic carbocycles. The first-order valence-corrected chi connectivity index (χ1v) is 8.56. The minimum absolute atomic E-state index is 0.0786. The molecule has 1 heterocycles. The number of pyridine rings is 1. The molecule has 0 fully saturated rings. The van der Waals surface area contributed by atoms with E-state index in [1.807, 2.05) is 42.5 Å². The van der Waals surface area contributed by atoms with Gasteiger partial charge in [-0.05, 0) is 28.7 Å². The van der Waals surface area contributed by atoms with Gasteiger partial charge in [0.2, 0.25) is 0 Å². The van der Waals surface area contributed by atoms with Gasteiger partial charge in [0.05, 0.1) is 6.10 Å². The van der Waals surface area contributed by atoms with E-state index in [1.54, 1.807) is 6.20 Å². The van der Waals surface area contributed by atoms with Crippen LogP contribution in [-0.4, -0.2) is 29.2 Å². The molecule has 0 aliphatic heterocycles. The van der Waals surface area contributed by atoms with Crippen molar-refractivity contribution in [2.75, 3.05) is 13.1 Å². The number of benzene rings is 1. The Bertz CT molecular complexity index is 664. The molecule has 1 aromatic heterocycles. The molecule has 25 heavy (non-hydrogen) atoms. The van der Waals surface area contributed by atoms with Gasteiger partial charge in [-0.2, -0.15) is 0 Å². The summed E-state index contributed by atoms with van der Waals surface area (Å²) in [5, 5.41) is 15.7. The number of nitrogens with zero attached hydrogens (tertiary/aromatic N) is 1. The zero-order valence-corrected chi connectivity index (χ0v) is 15.1. The number of aliphatic hydroxyl groups is 1. The van der Waals surface area contributed by atoms with Crippen molar-refractivity contribution >= 4 is 6.03 Å². The number of urea groups is 1. The molecular formula is C20H27N3O2. The summed E-state index contributed by atoms with van der Waals surface area (Å²) in [6, 6.07) is 13.3. The Hall–Kier alpha value is -2.40. The van der Waals surface area contributed by atoms with Gasteiger partial charge < -0.3 is 15.7 Å². The van der Waals surface area contributed by atoms with Crippen LogP contribution in [0.25, 0.3) is 0 Å². The maximum absolute atomic E-state index is 11.8. The van der Waals surface area contributed by atoms with Crippen molar-refractivity contribution in [1.29, 1.82) is 0 Å². The summed E-state index contributed by atoms with van der Waals surface area (Å²) in [4.78, 5) is 16.0. The first kappa shape index (κ1) is 18.9. The summed E-state index contributed by atoms with van der Waals surface area (Å²) in [5.74, 6) is 0. The fourth-order valence-electron chi connectivity index (χ4n) is 2.43. The molecule has 3 N–H and O–H groups in total. The number of rotatable bonds is 6. The molecule has 5 heteroatoms. The molecule has 0 radical (unpaired) electrons. The van der Waals surface area contributed by atoms with Crippen molar-refractivity contribution in [2.24, 2.45) is 0 Å². The van der Waals surface area contributed by atoms with Crippen LogP contribution in [0.1, 0.15) is 43.7 Å². The highest BCUT2D eigenvalue weighted by Gasteiger charge is 2.15. The van der Waals surface area contributed by atoms with Crippen LogP contribution >= 0.6 is 0 Å². The van der Waals surface area contributed by atoms with E-state index in [4.69, 9.17) is 0 Å². The number of aliphatic hydroxyl groups excluding tert-OH is 1. The Morgan fingerprint density at radius 1 is 1.12 bits per heavy atom. The van der Waals surface area contributed by atoms with E-state index in [0.29, 0.717) is 13.0 Å². The third kappa shape index (κ3) is 6.19. The molecule has 1 atom stereocenters. The number of amides is 2. The topological polar surface area (TPSA) is 74.2 Å². The molecule has 2 amide bonds. The number of hydrogen-bond donors (Lipinski definition) is 3. The summed E-state index contributed by atoms with van der Waals surface area (Å²) in [7, 11) is 0. The quantitative estimate of drug-likeness (QED) is 0.756. The van der Waals surface area contributed by atoms with Gasteiger partial charge in [-0.15, -0.1) is 0 Å². The molecule has 0 spiro atoms. The van der Waals surface area contributed by atoms with Crippen molar-refractivity contribution in [3.63, 3.8) is 0 Å². The Kier molecular flexibility index (Phi) is 6.53. The van der Waals surface area contributed by atoms with E-state index < -0.39 is 6.10 Å². The van der Waals surface area contributed by atoms with E-state index in [0.717, 1.165) is 11.3 Å². The first-order chi connectivity index (χ1) is 11.9. The molecule has 2 aromatic rings. The van der Waals surface area contributed by atoms with E-state index in [1.165, 1.54) is 5.56 Å².